The van der Waals surface area contributed by atoms with Gasteiger partial charge in [0.15, 0.2) is 10.7 Å². The van der Waals surface area contributed by atoms with Gasteiger partial charge < -0.3 is 5.11 Å². The average Bonchev–Trinajstić information content (AvgIpc) is 3.12. The van der Waals surface area contributed by atoms with Gasteiger partial charge in [-0.1, -0.05) is 18.2 Å². The summed E-state index contributed by atoms with van der Waals surface area (Å²) >= 11 is 1.56. The minimum absolute atomic E-state index is 0.0756. The van der Waals surface area contributed by atoms with Crippen molar-refractivity contribution in [2.75, 3.05) is 0 Å². The van der Waals surface area contributed by atoms with Crippen LogP contribution in [0.1, 0.15) is 16.2 Å². The molecule has 0 unspecified atom stereocenters. The largest absolute Gasteiger partial charge is 0.476 e. The van der Waals surface area contributed by atoms with Crippen molar-refractivity contribution in [1.82, 2.24) is 19.2 Å². The van der Waals surface area contributed by atoms with Gasteiger partial charge in [-0.05, 0) is 6.07 Å². The molecule has 0 radical (unpaired) electrons. The van der Waals surface area contributed by atoms with Crippen molar-refractivity contribution in [2.45, 2.75) is 6.54 Å². The zero-order valence-corrected chi connectivity index (χ0v) is 11.6. The third-order valence-corrected chi connectivity index (χ3v) is 4.09. The molecule has 3 aromatic heterocycles. The van der Waals surface area contributed by atoms with Gasteiger partial charge in [-0.25, -0.2) is 9.78 Å². The average molecular weight is 298 g/mol. The first kappa shape index (κ1) is 12.1. The molecule has 0 fully saturated rings. The van der Waals surface area contributed by atoms with E-state index in [1.54, 1.807) is 22.1 Å². The normalized spacial score (nSPS) is 11.4. The maximum absolute atomic E-state index is 11.3. The zero-order valence-electron chi connectivity index (χ0n) is 10.8. The Labute approximate surface area is 122 Å². The van der Waals surface area contributed by atoms with Crippen molar-refractivity contribution in [1.29, 1.82) is 0 Å². The van der Waals surface area contributed by atoms with Gasteiger partial charge in [-0.3, -0.25) is 9.08 Å². The smallest absolute Gasteiger partial charge is 0.357 e. The Hall–Kier alpha value is -2.67. The van der Waals surface area contributed by atoms with E-state index >= 15 is 0 Å². The third-order valence-electron chi connectivity index (χ3n) is 3.32. The summed E-state index contributed by atoms with van der Waals surface area (Å²) in [7, 11) is 0. The van der Waals surface area contributed by atoms with E-state index in [4.69, 9.17) is 0 Å². The quantitative estimate of drug-likeness (QED) is 0.630. The maximum Gasteiger partial charge on any atom is 0.357 e. The highest BCUT2D eigenvalue weighted by Gasteiger charge is 2.16. The predicted octanol–water partition coefficient (Wildman–Crippen LogP) is 2.49. The summed E-state index contributed by atoms with van der Waals surface area (Å²) in [6.07, 6.45) is 3.88. The molecule has 0 bridgehead atoms. The molecule has 0 aliphatic rings. The number of nitrogens with zero attached hydrogens (tertiary/aromatic N) is 4. The number of aromatic carboxylic acids is 1. The monoisotopic (exact) mass is 298 g/mol. The highest BCUT2D eigenvalue weighted by Crippen LogP contribution is 2.20. The van der Waals surface area contributed by atoms with Crippen molar-refractivity contribution in [3.05, 3.63) is 53.4 Å². The van der Waals surface area contributed by atoms with Crippen molar-refractivity contribution in [3.63, 3.8) is 0 Å². The number of hydrogen-bond acceptors (Lipinski definition) is 4. The molecule has 1 N–H and O–H groups in total. The van der Waals surface area contributed by atoms with Crippen LogP contribution in [0.3, 0.4) is 0 Å². The molecule has 7 heteroatoms. The first-order chi connectivity index (χ1) is 10.2. The number of hydrogen-bond donors (Lipinski definition) is 1. The van der Waals surface area contributed by atoms with E-state index in [1.807, 2.05) is 40.4 Å². The number of imidazole rings is 1. The molecule has 0 atom stereocenters. The fourth-order valence-electron chi connectivity index (χ4n) is 2.41. The van der Waals surface area contributed by atoms with Gasteiger partial charge in [0.2, 0.25) is 0 Å². The van der Waals surface area contributed by atoms with E-state index in [-0.39, 0.29) is 5.69 Å². The van der Waals surface area contributed by atoms with Crippen LogP contribution >= 0.6 is 11.3 Å². The van der Waals surface area contributed by atoms with E-state index in [9.17, 15) is 9.90 Å². The summed E-state index contributed by atoms with van der Waals surface area (Å²) in [6.45, 7) is 0.447. The highest BCUT2D eigenvalue weighted by molar-refractivity contribution is 7.15. The molecule has 0 aliphatic heterocycles. The highest BCUT2D eigenvalue weighted by atomic mass is 32.1. The van der Waals surface area contributed by atoms with Crippen molar-refractivity contribution >= 4 is 33.2 Å². The van der Waals surface area contributed by atoms with Gasteiger partial charge in [0.1, 0.15) is 0 Å². The number of carboxylic acid groups (broad SMARTS) is 1. The second-order valence-electron chi connectivity index (χ2n) is 4.65. The molecular formula is C14H10N4O2S. The summed E-state index contributed by atoms with van der Waals surface area (Å²) < 4.78 is 3.63. The second kappa shape index (κ2) is 4.42. The Morgan fingerprint density at radius 2 is 2.19 bits per heavy atom. The number of thiazole rings is 1. The van der Waals surface area contributed by atoms with Crippen LogP contribution in [0.2, 0.25) is 0 Å². The molecule has 4 aromatic rings. The number of para-hydroxylation sites is 1. The summed E-state index contributed by atoms with van der Waals surface area (Å²) in [6, 6.07) is 7.33. The van der Waals surface area contributed by atoms with Gasteiger partial charge >= 0.3 is 5.97 Å². The lowest BCUT2D eigenvalue weighted by Crippen LogP contribution is -2.04. The molecule has 4 rings (SSSR count). The molecule has 6 nitrogen and oxygen atoms in total. The van der Waals surface area contributed by atoms with Crippen molar-refractivity contribution < 1.29 is 9.90 Å². The molecule has 21 heavy (non-hydrogen) atoms. The van der Waals surface area contributed by atoms with Crippen LogP contribution in [0.15, 0.2) is 42.0 Å². The second-order valence-corrected chi connectivity index (χ2v) is 5.53. The standard InChI is InChI=1S/C14H10N4O2S/c19-13(20)12-10-3-1-2-4-11(10)18(16-12)8-9-7-17-5-6-21-14(17)15-9/h1-7H,8H2,(H,19,20). The molecule has 0 saturated heterocycles. The fourth-order valence-corrected chi connectivity index (χ4v) is 3.13. The summed E-state index contributed by atoms with van der Waals surface area (Å²) in [5.74, 6) is -1.02. The van der Waals surface area contributed by atoms with Crippen LogP contribution in [0.5, 0.6) is 0 Å². The van der Waals surface area contributed by atoms with Crippen LogP contribution in [0, 0.1) is 0 Å². The summed E-state index contributed by atoms with van der Waals surface area (Å²) in [5, 5.41) is 16.1. The van der Waals surface area contributed by atoms with Gasteiger partial charge in [-0.2, -0.15) is 5.10 Å². The molecule has 0 saturated carbocycles. The minimum atomic E-state index is -1.02. The van der Waals surface area contributed by atoms with Crippen LogP contribution < -0.4 is 0 Å². The number of carboxylic acids is 1. The number of carbonyl (C=O) groups is 1. The Balaban J connectivity index is 1.82. The topological polar surface area (TPSA) is 72.4 Å². The lowest BCUT2D eigenvalue weighted by atomic mass is 10.2. The molecule has 1 aromatic carbocycles. The zero-order chi connectivity index (χ0) is 14.4. The summed E-state index contributed by atoms with van der Waals surface area (Å²) in [5.41, 5.74) is 1.73. The number of benzene rings is 1. The Morgan fingerprint density at radius 1 is 1.33 bits per heavy atom. The van der Waals surface area contributed by atoms with E-state index < -0.39 is 5.97 Å². The lowest BCUT2D eigenvalue weighted by Gasteiger charge is -1.99. The fraction of sp³-hybridized carbons (Fsp3) is 0.0714. The van der Waals surface area contributed by atoms with Crippen LogP contribution in [0.25, 0.3) is 15.9 Å². The predicted molar refractivity (Wildman–Crippen MR) is 78.9 cm³/mol. The van der Waals surface area contributed by atoms with Gasteiger partial charge in [-0.15, -0.1) is 11.3 Å². The molecule has 0 aliphatic carbocycles. The Morgan fingerprint density at radius 3 is 3.00 bits per heavy atom. The van der Waals surface area contributed by atoms with E-state index in [1.165, 1.54) is 0 Å². The van der Waals surface area contributed by atoms with Crippen LogP contribution in [0.4, 0.5) is 0 Å². The Kier molecular flexibility index (Phi) is 2.55. The van der Waals surface area contributed by atoms with Crippen LogP contribution in [-0.4, -0.2) is 30.2 Å². The number of fused-ring (bicyclic) bond motifs is 2. The van der Waals surface area contributed by atoms with Crippen molar-refractivity contribution in [2.24, 2.45) is 0 Å². The van der Waals surface area contributed by atoms with Crippen molar-refractivity contribution in [3.8, 4) is 0 Å². The molecule has 0 amide bonds. The molecule has 104 valence electrons. The van der Waals surface area contributed by atoms with Gasteiger partial charge in [0, 0.05) is 23.2 Å². The van der Waals surface area contributed by atoms with Crippen LogP contribution in [-0.2, 0) is 6.54 Å². The van der Waals surface area contributed by atoms with E-state index in [0.29, 0.717) is 11.9 Å². The first-order valence-corrected chi connectivity index (χ1v) is 7.20. The number of rotatable bonds is 3. The van der Waals surface area contributed by atoms with Gasteiger partial charge in [0.25, 0.3) is 0 Å². The van der Waals surface area contributed by atoms with E-state index in [2.05, 4.69) is 10.1 Å². The Bertz CT molecular complexity index is 937. The maximum atomic E-state index is 11.3. The van der Waals surface area contributed by atoms with E-state index in [0.717, 1.165) is 16.2 Å². The molecular weight excluding hydrogens is 288 g/mol. The van der Waals surface area contributed by atoms with Gasteiger partial charge in [0.05, 0.1) is 17.8 Å². The lowest BCUT2D eigenvalue weighted by molar-refractivity contribution is 0.0691. The minimum Gasteiger partial charge on any atom is -0.476 e. The molecule has 3 heterocycles. The molecule has 0 spiro atoms. The summed E-state index contributed by atoms with van der Waals surface area (Å²) in [4.78, 5) is 16.7. The third kappa shape index (κ3) is 1.90. The SMILES string of the molecule is O=C(O)c1nn(Cc2cn3ccsc3n2)c2ccccc12. The number of aromatic nitrogens is 4. The first-order valence-electron chi connectivity index (χ1n) is 6.32.